The molecule has 0 saturated heterocycles. The van der Waals surface area contributed by atoms with Crippen LogP contribution in [0.1, 0.15) is 42.7 Å². The zero-order valence-electron chi connectivity index (χ0n) is 18.6. The standard InChI is InChI=1S/C24H25F3N2O6/c25-24(26,27)12-5-13-35-29-22(32)20(10-11-21(30)31)28-23(33)34-14-19-17-8-3-1-6-15(17)16-7-2-4-9-18(16)19/h1-4,6-9,19-20H,5,10-14H2,(H,28,33)(H,29,32)(H,30,31). The maximum atomic E-state index is 12.4. The largest absolute Gasteiger partial charge is 0.481 e. The van der Waals surface area contributed by atoms with Crippen molar-refractivity contribution in [2.75, 3.05) is 13.2 Å². The van der Waals surface area contributed by atoms with Crippen LogP contribution in [0.2, 0.25) is 0 Å². The number of carboxylic acids is 1. The molecule has 1 unspecified atom stereocenters. The number of benzene rings is 2. The van der Waals surface area contributed by atoms with Crippen LogP contribution in [0.25, 0.3) is 11.1 Å². The van der Waals surface area contributed by atoms with Crippen LogP contribution in [0.3, 0.4) is 0 Å². The van der Waals surface area contributed by atoms with E-state index in [1.807, 2.05) is 54.0 Å². The number of nitrogens with one attached hydrogen (secondary N) is 2. The third-order valence-electron chi connectivity index (χ3n) is 5.48. The summed E-state index contributed by atoms with van der Waals surface area (Å²) in [6.45, 7) is -0.414. The lowest BCUT2D eigenvalue weighted by Crippen LogP contribution is -2.47. The van der Waals surface area contributed by atoms with Crippen molar-refractivity contribution in [1.82, 2.24) is 10.8 Å². The zero-order valence-corrected chi connectivity index (χ0v) is 18.6. The molecule has 0 saturated carbocycles. The first-order valence-electron chi connectivity index (χ1n) is 11.0. The Labute approximate surface area is 199 Å². The molecule has 1 atom stereocenters. The van der Waals surface area contributed by atoms with E-state index >= 15 is 0 Å². The summed E-state index contributed by atoms with van der Waals surface area (Å²) in [6.07, 6.45) is -7.43. The second kappa shape index (κ2) is 11.7. The monoisotopic (exact) mass is 494 g/mol. The number of halogens is 3. The summed E-state index contributed by atoms with van der Waals surface area (Å²) < 4.78 is 41.9. The van der Waals surface area contributed by atoms with E-state index < -0.39 is 49.6 Å². The SMILES string of the molecule is O=C(O)CCC(NC(=O)OCC1c2ccccc2-c2ccccc21)C(=O)NOCCCC(F)(F)F. The second-order valence-electron chi connectivity index (χ2n) is 7.99. The number of alkyl carbamates (subject to hydrolysis) is 1. The number of carboxylic acid groups (broad SMARTS) is 1. The van der Waals surface area contributed by atoms with Crippen molar-refractivity contribution >= 4 is 18.0 Å². The highest BCUT2D eigenvalue weighted by atomic mass is 19.4. The van der Waals surface area contributed by atoms with Gasteiger partial charge in [-0.1, -0.05) is 48.5 Å². The molecule has 1 aliphatic carbocycles. The minimum absolute atomic E-state index is 0.0128. The number of hydrogen-bond acceptors (Lipinski definition) is 5. The van der Waals surface area contributed by atoms with Gasteiger partial charge in [-0.2, -0.15) is 13.2 Å². The fourth-order valence-electron chi connectivity index (χ4n) is 3.86. The number of ether oxygens (including phenoxy) is 1. The zero-order chi connectivity index (χ0) is 25.4. The van der Waals surface area contributed by atoms with Crippen molar-refractivity contribution in [1.29, 1.82) is 0 Å². The van der Waals surface area contributed by atoms with E-state index in [1.54, 1.807) is 0 Å². The van der Waals surface area contributed by atoms with E-state index in [0.29, 0.717) is 0 Å². The molecule has 2 aromatic rings. The van der Waals surface area contributed by atoms with Gasteiger partial charge < -0.3 is 15.2 Å². The van der Waals surface area contributed by atoms with E-state index in [1.165, 1.54) is 0 Å². The van der Waals surface area contributed by atoms with Crippen molar-refractivity contribution in [2.45, 2.75) is 43.8 Å². The van der Waals surface area contributed by atoms with Crippen molar-refractivity contribution in [3.05, 3.63) is 59.7 Å². The minimum atomic E-state index is -4.34. The molecule has 35 heavy (non-hydrogen) atoms. The molecule has 1 aliphatic rings. The number of carbonyl (C=O) groups excluding carboxylic acids is 2. The van der Waals surface area contributed by atoms with Crippen LogP contribution in [-0.4, -0.2) is 48.5 Å². The number of hydrogen-bond donors (Lipinski definition) is 3. The van der Waals surface area contributed by atoms with E-state index in [4.69, 9.17) is 14.7 Å². The first kappa shape index (κ1) is 26.0. The van der Waals surface area contributed by atoms with Gasteiger partial charge in [-0.25, -0.2) is 10.3 Å². The Morgan fingerprint density at radius 3 is 2.17 bits per heavy atom. The normalized spacial score (nSPS) is 13.5. The van der Waals surface area contributed by atoms with Gasteiger partial charge in [0.05, 0.1) is 6.61 Å². The number of carbonyl (C=O) groups is 3. The maximum Gasteiger partial charge on any atom is 0.407 e. The first-order chi connectivity index (χ1) is 16.7. The summed E-state index contributed by atoms with van der Waals surface area (Å²) in [4.78, 5) is 40.4. The first-order valence-corrected chi connectivity index (χ1v) is 11.0. The van der Waals surface area contributed by atoms with Crippen molar-refractivity contribution in [3.8, 4) is 11.1 Å². The molecule has 0 heterocycles. The molecule has 2 amide bonds. The van der Waals surface area contributed by atoms with E-state index in [-0.39, 0.29) is 25.4 Å². The number of fused-ring (bicyclic) bond motifs is 3. The third kappa shape index (κ3) is 7.44. The molecule has 2 aromatic carbocycles. The average molecular weight is 494 g/mol. The molecule has 0 spiro atoms. The van der Waals surface area contributed by atoms with Crippen molar-refractivity contribution in [3.63, 3.8) is 0 Å². The molecular weight excluding hydrogens is 469 g/mol. The highest BCUT2D eigenvalue weighted by Gasteiger charge is 2.30. The van der Waals surface area contributed by atoms with Gasteiger partial charge in [0.1, 0.15) is 12.6 Å². The molecule has 0 aromatic heterocycles. The maximum absolute atomic E-state index is 12.4. The van der Waals surface area contributed by atoms with Crippen LogP contribution in [0.15, 0.2) is 48.5 Å². The molecule has 3 rings (SSSR count). The number of aliphatic carboxylic acids is 1. The Morgan fingerprint density at radius 1 is 1.00 bits per heavy atom. The fraction of sp³-hybridized carbons (Fsp3) is 0.375. The van der Waals surface area contributed by atoms with Gasteiger partial charge in [0, 0.05) is 18.8 Å². The van der Waals surface area contributed by atoms with Gasteiger partial charge in [-0.15, -0.1) is 0 Å². The summed E-state index contributed by atoms with van der Waals surface area (Å²) in [6, 6.07) is 14.2. The van der Waals surface area contributed by atoms with E-state index in [2.05, 4.69) is 5.32 Å². The number of rotatable bonds is 11. The smallest absolute Gasteiger partial charge is 0.407 e. The molecule has 8 nitrogen and oxygen atoms in total. The lowest BCUT2D eigenvalue weighted by Gasteiger charge is -2.19. The number of alkyl halides is 3. The van der Waals surface area contributed by atoms with Crippen LogP contribution >= 0.6 is 0 Å². The van der Waals surface area contributed by atoms with Gasteiger partial charge in [0.25, 0.3) is 5.91 Å². The molecule has 0 fully saturated rings. The quantitative estimate of drug-likeness (QED) is 0.320. The molecule has 11 heteroatoms. The second-order valence-corrected chi connectivity index (χ2v) is 7.99. The summed E-state index contributed by atoms with van der Waals surface area (Å²) in [5.74, 6) is -2.30. The molecule has 0 aliphatic heterocycles. The average Bonchev–Trinajstić information content (AvgIpc) is 3.13. The molecule has 3 N–H and O–H groups in total. The third-order valence-corrected chi connectivity index (χ3v) is 5.48. The topological polar surface area (TPSA) is 114 Å². The summed E-state index contributed by atoms with van der Waals surface area (Å²) in [5, 5.41) is 11.2. The van der Waals surface area contributed by atoms with Crippen LogP contribution < -0.4 is 10.8 Å². The van der Waals surface area contributed by atoms with Crippen LogP contribution in [-0.2, 0) is 19.2 Å². The lowest BCUT2D eigenvalue weighted by molar-refractivity contribution is -0.144. The summed E-state index contributed by atoms with van der Waals surface area (Å²) in [7, 11) is 0. The van der Waals surface area contributed by atoms with Crippen LogP contribution in [0, 0.1) is 0 Å². The molecule has 188 valence electrons. The predicted molar refractivity (Wildman–Crippen MR) is 118 cm³/mol. The van der Waals surface area contributed by atoms with Gasteiger partial charge in [0.2, 0.25) is 0 Å². The van der Waals surface area contributed by atoms with Gasteiger partial charge in [0.15, 0.2) is 0 Å². The van der Waals surface area contributed by atoms with E-state index in [9.17, 15) is 27.6 Å². The summed E-state index contributed by atoms with van der Waals surface area (Å²) >= 11 is 0. The van der Waals surface area contributed by atoms with Crippen molar-refractivity contribution in [2.24, 2.45) is 0 Å². The number of hydroxylamine groups is 1. The molecular formula is C24H25F3N2O6. The highest BCUT2D eigenvalue weighted by Crippen LogP contribution is 2.44. The van der Waals surface area contributed by atoms with Gasteiger partial charge >= 0.3 is 18.2 Å². The lowest BCUT2D eigenvalue weighted by atomic mass is 9.98. The Kier molecular flexibility index (Phi) is 8.69. The highest BCUT2D eigenvalue weighted by molar-refractivity contribution is 5.85. The van der Waals surface area contributed by atoms with Gasteiger partial charge in [-0.3, -0.25) is 14.4 Å². The minimum Gasteiger partial charge on any atom is -0.481 e. The molecule has 0 radical (unpaired) electrons. The summed E-state index contributed by atoms with van der Waals surface area (Å²) in [5.41, 5.74) is 6.02. The number of amides is 2. The predicted octanol–water partition coefficient (Wildman–Crippen LogP) is 4.15. The van der Waals surface area contributed by atoms with Crippen LogP contribution in [0.5, 0.6) is 0 Å². The van der Waals surface area contributed by atoms with Crippen molar-refractivity contribution < 1.29 is 42.2 Å². The Hall–Kier alpha value is -3.60. The van der Waals surface area contributed by atoms with Gasteiger partial charge in [-0.05, 0) is 35.1 Å². The Morgan fingerprint density at radius 2 is 1.60 bits per heavy atom. The Bertz CT molecular complexity index is 1010. The Balaban J connectivity index is 1.56. The molecule has 0 bridgehead atoms. The van der Waals surface area contributed by atoms with E-state index in [0.717, 1.165) is 22.3 Å². The fourth-order valence-corrected chi connectivity index (χ4v) is 3.86. The van der Waals surface area contributed by atoms with Crippen LogP contribution in [0.4, 0.5) is 18.0 Å².